The summed E-state index contributed by atoms with van der Waals surface area (Å²) in [4.78, 5) is 13.9. The SMILES string of the molecule is Cc1cccc(-c2ncc(CN(CCN(C)C)CC3CCCO3)cn2)c1. The highest BCUT2D eigenvalue weighted by Gasteiger charge is 2.19. The minimum absolute atomic E-state index is 0.365. The summed E-state index contributed by atoms with van der Waals surface area (Å²) in [6.07, 6.45) is 6.64. The van der Waals surface area contributed by atoms with Gasteiger partial charge in [0.25, 0.3) is 0 Å². The molecule has 5 heteroatoms. The van der Waals surface area contributed by atoms with Crippen LogP contribution in [0, 0.1) is 6.92 Å². The fourth-order valence-corrected chi connectivity index (χ4v) is 3.28. The number of aromatic nitrogens is 2. The molecule has 1 unspecified atom stereocenters. The van der Waals surface area contributed by atoms with E-state index in [-0.39, 0.29) is 0 Å². The second kappa shape index (κ2) is 9.21. The first-order valence-electron chi connectivity index (χ1n) is 9.47. The molecule has 1 aliphatic rings. The Morgan fingerprint density at radius 1 is 1.15 bits per heavy atom. The zero-order valence-corrected chi connectivity index (χ0v) is 16.2. The first-order chi connectivity index (χ1) is 12.6. The van der Waals surface area contributed by atoms with Crippen LogP contribution in [-0.4, -0.2) is 66.2 Å². The van der Waals surface area contributed by atoms with E-state index in [0.29, 0.717) is 6.10 Å². The smallest absolute Gasteiger partial charge is 0.159 e. The average molecular weight is 354 g/mol. The largest absolute Gasteiger partial charge is 0.377 e. The monoisotopic (exact) mass is 354 g/mol. The molecule has 1 atom stereocenters. The third-order valence-corrected chi connectivity index (χ3v) is 4.74. The van der Waals surface area contributed by atoms with E-state index in [1.165, 1.54) is 18.4 Å². The van der Waals surface area contributed by atoms with Gasteiger partial charge in [-0.2, -0.15) is 0 Å². The normalized spacial score (nSPS) is 17.3. The molecule has 1 saturated heterocycles. The lowest BCUT2D eigenvalue weighted by Crippen LogP contribution is -2.36. The Labute approximate surface area is 157 Å². The number of benzene rings is 1. The summed E-state index contributed by atoms with van der Waals surface area (Å²) in [6, 6.07) is 8.32. The summed E-state index contributed by atoms with van der Waals surface area (Å²) in [7, 11) is 4.23. The Bertz CT molecular complexity index is 681. The van der Waals surface area contributed by atoms with E-state index in [2.05, 4.69) is 59.0 Å². The van der Waals surface area contributed by atoms with Crippen LogP contribution in [0.3, 0.4) is 0 Å². The van der Waals surface area contributed by atoms with Crippen molar-refractivity contribution in [3.8, 4) is 11.4 Å². The van der Waals surface area contributed by atoms with Crippen molar-refractivity contribution in [2.24, 2.45) is 0 Å². The Hall–Kier alpha value is -1.82. The number of nitrogens with zero attached hydrogens (tertiary/aromatic N) is 4. The van der Waals surface area contributed by atoms with Gasteiger partial charge in [-0.1, -0.05) is 23.8 Å². The van der Waals surface area contributed by atoms with Crippen LogP contribution >= 0.6 is 0 Å². The third-order valence-electron chi connectivity index (χ3n) is 4.74. The molecule has 0 aliphatic carbocycles. The van der Waals surface area contributed by atoms with Gasteiger partial charge in [-0.25, -0.2) is 9.97 Å². The molecule has 5 nitrogen and oxygen atoms in total. The molecular weight excluding hydrogens is 324 g/mol. The Kier molecular flexibility index (Phi) is 6.72. The molecule has 1 aliphatic heterocycles. The Morgan fingerprint density at radius 3 is 2.62 bits per heavy atom. The minimum Gasteiger partial charge on any atom is -0.377 e. The number of hydrogen-bond donors (Lipinski definition) is 0. The predicted octanol–water partition coefficient (Wildman–Crippen LogP) is 2.99. The third kappa shape index (κ3) is 5.59. The van der Waals surface area contributed by atoms with Crippen molar-refractivity contribution in [1.29, 1.82) is 0 Å². The summed E-state index contributed by atoms with van der Waals surface area (Å²) < 4.78 is 5.83. The van der Waals surface area contributed by atoms with Crippen molar-refractivity contribution >= 4 is 0 Å². The molecule has 0 saturated carbocycles. The lowest BCUT2D eigenvalue weighted by Gasteiger charge is -2.26. The van der Waals surface area contributed by atoms with Crippen molar-refractivity contribution in [2.75, 3.05) is 40.3 Å². The first-order valence-corrected chi connectivity index (χ1v) is 9.47. The average Bonchev–Trinajstić information content (AvgIpc) is 3.13. The van der Waals surface area contributed by atoms with Gasteiger partial charge >= 0.3 is 0 Å². The van der Waals surface area contributed by atoms with Gasteiger partial charge in [0.15, 0.2) is 5.82 Å². The second-order valence-corrected chi connectivity index (χ2v) is 7.46. The quantitative estimate of drug-likeness (QED) is 0.729. The van der Waals surface area contributed by atoms with Crippen molar-refractivity contribution in [3.05, 3.63) is 47.8 Å². The molecular formula is C21H30N4O. The van der Waals surface area contributed by atoms with E-state index < -0.39 is 0 Å². The highest BCUT2D eigenvalue weighted by atomic mass is 16.5. The van der Waals surface area contributed by atoms with Gasteiger partial charge in [-0.15, -0.1) is 0 Å². The maximum Gasteiger partial charge on any atom is 0.159 e. The summed E-state index contributed by atoms with van der Waals surface area (Å²) in [5.41, 5.74) is 3.44. The number of aryl methyl sites for hydroxylation is 1. The van der Waals surface area contributed by atoms with Crippen LogP contribution in [0.4, 0.5) is 0 Å². The number of likely N-dealkylation sites (N-methyl/N-ethyl adjacent to an activating group) is 1. The maximum absolute atomic E-state index is 5.83. The van der Waals surface area contributed by atoms with Crippen molar-refractivity contribution in [1.82, 2.24) is 19.8 Å². The molecule has 0 spiro atoms. The van der Waals surface area contributed by atoms with Crippen molar-refractivity contribution in [2.45, 2.75) is 32.4 Å². The van der Waals surface area contributed by atoms with Crippen LogP contribution in [0.1, 0.15) is 24.0 Å². The van der Waals surface area contributed by atoms with Gasteiger partial charge in [0.1, 0.15) is 0 Å². The summed E-state index contributed by atoms with van der Waals surface area (Å²) in [5, 5.41) is 0. The summed E-state index contributed by atoms with van der Waals surface area (Å²) in [6.45, 7) is 6.89. The highest BCUT2D eigenvalue weighted by Crippen LogP contribution is 2.17. The predicted molar refractivity (Wildman–Crippen MR) is 105 cm³/mol. The maximum atomic E-state index is 5.83. The van der Waals surface area contributed by atoms with E-state index in [9.17, 15) is 0 Å². The van der Waals surface area contributed by atoms with Crippen molar-refractivity contribution < 1.29 is 4.74 Å². The first kappa shape index (κ1) is 19.0. The van der Waals surface area contributed by atoms with Gasteiger partial charge in [0, 0.05) is 56.3 Å². The molecule has 0 bridgehead atoms. The van der Waals surface area contributed by atoms with Gasteiger partial charge in [-0.05, 0) is 39.9 Å². The fraction of sp³-hybridized carbons (Fsp3) is 0.524. The van der Waals surface area contributed by atoms with Crippen LogP contribution in [0.5, 0.6) is 0 Å². The molecule has 1 aromatic heterocycles. The summed E-state index contributed by atoms with van der Waals surface area (Å²) >= 11 is 0. The van der Waals surface area contributed by atoms with E-state index in [0.717, 1.165) is 49.7 Å². The second-order valence-electron chi connectivity index (χ2n) is 7.46. The van der Waals surface area contributed by atoms with Crippen molar-refractivity contribution in [3.63, 3.8) is 0 Å². The molecule has 1 aromatic carbocycles. The lowest BCUT2D eigenvalue weighted by molar-refractivity contribution is 0.0682. The molecule has 3 rings (SSSR count). The standard InChI is InChI=1S/C21H30N4O/c1-17-6-4-7-19(12-17)21-22-13-18(14-23-21)15-25(10-9-24(2)3)16-20-8-5-11-26-20/h4,6-7,12-14,20H,5,8-11,15-16H2,1-3H3. The minimum atomic E-state index is 0.365. The molecule has 2 heterocycles. The van der Waals surface area contributed by atoms with Crippen LogP contribution in [0.15, 0.2) is 36.7 Å². The Balaban J connectivity index is 1.65. The molecule has 140 valence electrons. The molecule has 0 N–H and O–H groups in total. The zero-order valence-electron chi connectivity index (χ0n) is 16.2. The van der Waals surface area contributed by atoms with E-state index in [4.69, 9.17) is 4.74 Å². The summed E-state index contributed by atoms with van der Waals surface area (Å²) in [5.74, 6) is 0.788. The van der Waals surface area contributed by atoms with Crippen LogP contribution in [0.2, 0.25) is 0 Å². The number of ether oxygens (including phenoxy) is 1. The highest BCUT2D eigenvalue weighted by molar-refractivity contribution is 5.55. The van der Waals surface area contributed by atoms with Crippen LogP contribution in [0.25, 0.3) is 11.4 Å². The van der Waals surface area contributed by atoms with E-state index in [1.807, 2.05) is 18.5 Å². The van der Waals surface area contributed by atoms with Crippen LogP contribution < -0.4 is 0 Å². The number of hydrogen-bond acceptors (Lipinski definition) is 5. The fourth-order valence-electron chi connectivity index (χ4n) is 3.28. The lowest BCUT2D eigenvalue weighted by atomic mass is 10.1. The molecule has 0 amide bonds. The van der Waals surface area contributed by atoms with Gasteiger partial charge < -0.3 is 9.64 Å². The molecule has 0 radical (unpaired) electrons. The molecule has 2 aromatic rings. The molecule has 1 fully saturated rings. The Morgan fingerprint density at radius 2 is 1.96 bits per heavy atom. The van der Waals surface area contributed by atoms with E-state index >= 15 is 0 Å². The zero-order chi connectivity index (χ0) is 18.4. The van der Waals surface area contributed by atoms with Gasteiger partial charge in [0.2, 0.25) is 0 Å². The van der Waals surface area contributed by atoms with E-state index in [1.54, 1.807) is 0 Å². The van der Waals surface area contributed by atoms with Gasteiger partial charge in [-0.3, -0.25) is 4.90 Å². The van der Waals surface area contributed by atoms with Crippen LogP contribution in [-0.2, 0) is 11.3 Å². The number of rotatable bonds is 8. The topological polar surface area (TPSA) is 41.5 Å². The van der Waals surface area contributed by atoms with Gasteiger partial charge in [0.05, 0.1) is 6.10 Å². The molecule has 26 heavy (non-hydrogen) atoms.